The number of carbonyl (C=O) groups excluding carboxylic acids is 1. The lowest BCUT2D eigenvalue weighted by molar-refractivity contribution is 0.103. The van der Waals surface area contributed by atoms with Crippen LogP contribution in [0.5, 0.6) is 5.75 Å². The van der Waals surface area contributed by atoms with Gasteiger partial charge in [0.05, 0.1) is 12.7 Å². The molecule has 0 aromatic heterocycles. The first-order valence-electron chi connectivity index (χ1n) is 5.67. The molecule has 0 saturated carbocycles. The van der Waals surface area contributed by atoms with E-state index in [4.69, 9.17) is 4.74 Å². The fourth-order valence-corrected chi connectivity index (χ4v) is 2.41. The molecule has 0 bridgehead atoms. The van der Waals surface area contributed by atoms with Gasteiger partial charge in [-0.25, -0.2) is 0 Å². The van der Waals surface area contributed by atoms with Crippen LogP contribution in [0.25, 0.3) is 0 Å². The van der Waals surface area contributed by atoms with Crippen molar-refractivity contribution in [2.45, 2.75) is 6.92 Å². The minimum absolute atomic E-state index is 0.0475. The number of aryl methyl sites for hydroxylation is 1. The summed E-state index contributed by atoms with van der Waals surface area (Å²) >= 11 is 6.81. The van der Waals surface area contributed by atoms with Gasteiger partial charge in [0, 0.05) is 14.5 Å². The average molecular weight is 384 g/mol. The molecule has 0 fully saturated rings. The first-order chi connectivity index (χ1) is 9.02. The number of benzene rings is 2. The summed E-state index contributed by atoms with van der Waals surface area (Å²) in [4.78, 5) is 12.5. The standard InChI is InChI=1S/C15H12Br2O2/c1-9-7-10(3-5-13(9)17)15(18)12-8-11(16)4-6-14(12)19-2/h3-8H,1-2H3. The molecule has 0 aliphatic rings. The molecule has 19 heavy (non-hydrogen) atoms. The van der Waals surface area contributed by atoms with Crippen molar-refractivity contribution < 1.29 is 9.53 Å². The van der Waals surface area contributed by atoms with Gasteiger partial charge in [-0.3, -0.25) is 4.79 Å². The van der Waals surface area contributed by atoms with Crippen molar-refractivity contribution in [3.05, 3.63) is 62.0 Å². The zero-order valence-electron chi connectivity index (χ0n) is 10.5. The second-order valence-electron chi connectivity index (χ2n) is 4.14. The highest BCUT2D eigenvalue weighted by molar-refractivity contribution is 9.10. The lowest BCUT2D eigenvalue weighted by Crippen LogP contribution is -2.04. The molecule has 0 radical (unpaired) electrons. The van der Waals surface area contributed by atoms with Crippen LogP contribution >= 0.6 is 31.9 Å². The summed E-state index contributed by atoms with van der Waals surface area (Å²) in [6, 6.07) is 11.0. The molecule has 2 aromatic carbocycles. The highest BCUT2D eigenvalue weighted by Crippen LogP contribution is 2.26. The number of halogens is 2. The molecule has 0 saturated heterocycles. The molecule has 4 heteroatoms. The molecular formula is C15H12Br2O2. The van der Waals surface area contributed by atoms with E-state index in [0.29, 0.717) is 16.9 Å². The van der Waals surface area contributed by atoms with Crippen LogP contribution in [-0.2, 0) is 0 Å². The van der Waals surface area contributed by atoms with Crippen molar-refractivity contribution in [2.24, 2.45) is 0 Å². The van der Waals surface area contributed by atoms with Gasteiger partial charge in [-0.2, -0.15) is 0 Å². The van der Waals surface area contributed by atoms with Crippen LogP contribution in [0.15, 0.2) is 45.3 Å². The second-order valence-corrected chi connectivity index (χ2v) is 5.91. The Morgan fingerprint density at radius 1 is 1.11 bits per heavy atom. The molecule has 2 nitrogen and oxygen atoms in total. The minimum Gasteiger partial charge on any atom is -0.496 e. The first-order valence-corrected chi connectivity index (χ1v) is 7.26. The van der Waals surface area contributed by atoms with Gasteiger partial charge < -0.3 is 4.74 Å². The third-order valence-electron chi connectivity index (χ3n) is 2.83. The van der Waals surface area contributed by atoms with Gasteiger partial charge in [-0.15, -0.1) is 0 Å². The molecular weight excluding hydrogens is 372 g/mol. The van der Waals surface area contributed by atoms with E-state index in [9.17, 15) is 4.79 Å². The zero-order valence-corrected chi connectivity index (χ0v) is 13.7. The number of hydrogen-bond donors (Lipinski definition) is 0. The minimum atomic E-state index is -0.0475. The third kappa shape index (κ3) is 3.07. The van der Waals surface area contributed by atoms with E-state index < -0.39 is 0 Å². The quantitative estimate of drug-likeness (QED) is 0.714. The highest BCUT2D eigenvalue weighted by atomic mass is 79.9. The van der Waals surface area contributed by atoms with Crippen molar-refractivity contribution in [1.82, 2.24) is 0 Å². The maximum atomic E-state index is 12.5. The Hall–Kier alpha value is -1.13. The zero-order chi connectivity index (χ0) is 14.0. The van der Waals surface area contributed by atoms with E-state index in [2.05, 4.69) is 31.9 Å². The SMILES string of the molecule is COc1ccc(Br)cc1C(=O)c1ccc(Br)c(C)c1. The van der Waals surface area contributed by atoms with Gasteiger partial charge in [0.2, 0.25) is 0 Å². The summed E-state index contributed by atoms with van der Waals surface area (Å²) in [5.41, 5.74) is 2.23. The van der Waals surface area contributed by atoms with Crippen molar-refractivity contribution in [1.29, 1.82) is 0 Å². The molecule has 0 spiro atoms. The van der Waals surface area contributed by atoms with Crippen LogP contribution in [0.3, 0.4) is 0 Å². The Morgan fingerprint density at radius 3 is 2.47 bits per heavy atom. The molecule has 0 atom stereocenters. The smallest absolute Gasteiger partial charge is 0.196 e. The molecule has 0 unspecified atom stereocenters. The van der Waals surface area contributed by atoms with E-state index >= 15 is 0 Å². The monoisotopic (exact) mass is 382 g/mol. The summed E-state index contributed by atoms with van der Waals surface area (Å²) in [6.45, 7) is 1.96. The Kier molecular flexibility index (Phi) is 4.42. The molecule has 0 N–H and O–H groups in total. The van der Waals surface area contributed by atoms with E-state index in [-0.39, 0.29) is 5.78 Å². The maximum Gasteiger partial charge on any atom is 0.196 e. The summed E-state index contributed by atoms with van der Waals surface area (Å²) in [7, 11) is 1.56. The van der Waals surface area contributed by atoms with Crippen molar-refractivity contribution in [3.63, 3.8) is 0 Å². The molecule has 2 rings (SSSR count). The second kappa shape index (κ2) is 5.88. The summed E-state index contributed by atoms with van der Waals surface area (Å²) in [6.07, 6.45) is 0. The van der Waals surface area contributed by atoms with Gasteiger partial charge in [0.1, 0.15) is 5.75 Å². The summed E-state index contributed by atoms with van der Waals surface area (Å²) in [5, 5.41) is 0. The summed E-state index contributed by atoms with van der Waals surface area (Å²) < 4.78 is 7.09. The number of ether oxygens (including phenoxy) is 1. The van der Waals surface area contributed by atoms with Gasteiger partial charge in [-0.1, -0.05) is 31.9 Å². The summed E-state index contributed by atoms with van der Waals surface area (Å²) in [5.74, 6) is 0.530. The fourth-order valence-electron chi connectivity index (χ4n) is 1.80. The van der Waals surface area contributed by atoms with Gasteiger partial charge >= 0.3 is 0 Å². The number of hydrogen-bond acceptors (Lipinski definition) is 2. The number of carbonyl (C=O) groups is 1. The number of methoxy groups -OCH3 is 1. The highest BCUT2D eigenvalue weighted by Gasteiger charge is 2.15. The fraction of sp³-hybridized carbons (Fsp3) is 0.133. The van der Waals surface area contributed by atoms with Crippen LogP contribution in [0.1, 0.15) is 21.5 Å². The molecule has 98 valence electrons. The topological polar surface area (TPSA) is 26.3 Å². The molecule has 0 aliphatic heterocycles. The molecule has 2 aromatic rings. The van der Waals surface area contributed by atoms with Crippen molar-refractivity contribution >= 4 is 37.6 Å². The Morgan fingerprint density at radius 2 is 1.84 bits per heavy atom. The number of ketones is 1. The van der Waals surface area contributed by atoms with E-state index in [0.717, 1.165) is 14.5 Å². The van der Waals surface area contributed by atoms with Crippen LogP contribution < -0.4 is 4.74 Å². The van der Waals surface area contributed by atoms with Crippen LogP contribution in [0.4, 0.5) is 0 Å². The average Bonchev–Trinajstić information content (AvgIpc) is 2.41. The van der Waals surface area contributed by atoms with Crippen LogP contribution in [0.2, 0.25) is 0 Å². The molecule has 0 aliphatic carbocycles. The van der Waals surface area contributed by atoms with Crippen LogP contribution in [-0.4, -0.2) is 12.9 Å². The lowest BCUT2D eigenvalue weighted by Gasteiger charge is -2.09. The van der Waals surface area contributed by atoms with E-state index in [1.807, 2.05) is 25.1 Å². The molecule has 0 amide bonds. The first kappa shape index (κ1) is 14.3. The van der Waals surface area contributed by atoms with Gasteiger partial charge in [0.15, 0.2) is 5.78 Å². The van der Waals surface area contributed by atoms with Crippen molar-refractivity contribution in [2.75, 3.05) is 7.11 Å². The van der Waals surface area contributed by atoms with E-state index in [1.54, 1.807) is 25.3 Å². The predicted molar refractivity (Wildman–Crippen MR) is 83.0 cm³/mol. The molecule has 0 heterocycles. The maximum absolute atomic E-state index is 12.5. The lowest BCUT2D eigenvalue weighted by atomic mass is 10.0. The van der Waals surface area contributed by atoms with Gasteiger partial charge in [0.25, 0.3) is 0 Å². The van der Waals surface area contributed by atoms with Crippen LogP contribution in [0, 0.1) is 6.92 Å². The number of rotatable bonds is 3. The third-order valence-corrected chi connectivity index (χ3v) is 4.21. The van der Waals surface area contributed by atoms with Gasteiger partial charge in [-0.05, 0) is 48.9 Å². The Balaban J connectivity index is 2.49. The Bertz CT molecular complexity index is 636. The van der Waals surface area contributed by atoms with E-state index in [1.165, 1.54) is 0 Å². The van der Waals surface area contributed by atoms with Crippen molar-refractivity contribution in [3.8, 4) is 5.75 Å². The largest absolute Gasteiger partial charge is 0.496 e. The Labute approximate surface area is 129 Å². The predicted octanol–water partition coefficient (Wildman–Crippen LogP) is 4.76. The normalized spacial score (nSPS) is 10.3.